The smallest absolute Gasteiger partial charge is 0.362 e. The van der Waals surface area contributed by atoms with Crippen LogP contribution in [0.2, 0.25) is 0 Å². The van der Waals surface area contributed by atoms with Gasteiger partial charge < -0.3 is 24.9 Å². The number of carbonyl (C=O) groups is 1. The Morgan fingerprint density at radius 1 is 0.963 bits per heavy atom. The van der Waals surface area contributed by atoms with Crippen molar-refractivity contribution in [2.24, 2.45) is 0 Å². The minimum atomic E-state index is -1.01. The van der Waals surface area contributed by atoms with Crippen molar-refractivity contribution >= 4 is 5.97 Å². The molecule has 0 aromatic rings. The SMILES string of the molecule is CCCC/C=C/C(O)C[N+](CCO)(CC(O)/C=C/CCCC)C(C)C(=O)O. The number of unbranched alkanes of at least 4 members (excludes halogenated alkanes) is 4. The number of allylic oxidation sites excluding steroid dienone is 2. The van der Waals surface area contributed by atoms with Crippen molar-refractivity contribution in [3.63, 3.8) is 0 Å². The first-order chi connectivity index (χ1) is 12.8. The van der Waals surface area contributed by atoms with Gasteiger partial charge in [0.05, 0.1) is 6.61 Å². The maximum absolute atomic E-state index is 11.7. The fourth-order valence-electron chi connectivity index (χ4n) is 3.22. The monoisotopic (exact) mass is 386 g/mol. The molecule has 0 radical (unpaired) electrons. The maximum atomic E-state index is 11.7. The van der Waals surface area contributed by atoms with E-state index in [2.05, 4.69) is 13.8 Å². The molecular formula is C21H40NO5+. The van der Waals surface area contributed by atoms with Crippen molar-refractivity contribution in [1.82, 2.24) is 0 Å². The molecule has 3 atom stereocenters. The minimum Gasteiger partial charge on any atom is -0.477 e. The van der Waals surface area contributed by atoms with Gasteiger partial charge in [-0.1, -0.05) is 63.8 Å². The number of carboxylic acids is 1. The van der Waals surface area contributed by atoms with Gasteiger partial charge >= 0.3 is 5.97 Å². The summed E-state index contributed by atoms with van der Waals surface area (Å²) in [4.78, 5) is 11.7. The Morgan fingerprint density at radius 3 is 1.74 bits per heavy atom. The highest BCUT2D eigenvalue weighted by Gasteiger charge is 2.41. The first-order valence-electron chi connectivity index (χ1n) is 10.2. The van der Waals surface area contributed by atoms with Gasteiger partial charge in [-0.05, 0) is 19.8 Å². The molecule has 27 heavy (non-hydrogen) atoms. The highest BCUT2D eigenvalue weighted by molar-refractivity contribution is 5.71. The van der Waals surface area contributed by atoms with Crippen LogP contribution in [0, 0.1) is 0 Å². The lowest BCUT2D eigenvalue weighted by atomic mass is 10.1. The third-order valence-electron chi connectivity index (χ3n) is 4.99. The van der Waals surface area contributed by atoms with E-state index in [0.717, 1.165) is 38.5 Å². The summed E-state index contributed by atoms with van der Waals surface area (Å²) in [6.45, 7) is 5.98. The van der Waals surface area contributed by atoms with Gasteiger partial charge in [0.2, 0.25) is 0 Å². The maximum Gasteiger partial charge on any atom is 0.362 e. The van der Waals surface area contributed by atoms with Crippen LogP contribution in [0.25, 0.3) is 0 Å². The summed E-state index contributed by atoms with van der Waals surface area (Å²) < 4.78 is -0.0790. The Bertz CT molecular complexity index is 424. The number of aliphatic carboxylic acids is 1. The molecule has 0 saturated carbocycles. The van der Waals surface area contributed by atoms with Crippen LogP contribution in [0.1, 0.15) is 59.3 Å². The number of hydrogen-bond acceptors (Lipinski definition) is 4. The zero-order valence-electron chi connectivity index (χ0n) is 17.3. The number of quaternary nitrogens is 1. The van der Waals surface area contributed by atoms with E-state index in [9.17, 15) is 25.2 Å². The quantitative estimate of drug-likeness (QED) is 0.186. The number of aliphatic hydroxyl groups excluding tert-OH is 3. The molecule has 6 heteroatoms. The van der Waals surface area contributed by atoms with Crippen LogP contribution < -0.4 is 0 Å². The summed E-state index contributed by atoms with van der Waals surface area (Å²) in [6, 6.07) is -0.852. The topological polar surface area (TPSA) is 98.0 Å². The minimum absolute atomic E-state index is 0.0790. The van der Waals surface area contributed by atoms with E-state index < -0.39 is 24.2 Å². The number of nitrogens with zero attached hydrogens (tertiary/aromatic N) is 1. The molecular weight excluding hydrogens is 346 g/mol. The van der Waals surface area contributed by atoms with Crippen molar-refractivity contribution in [2.75, 3.05) is 26.2 Å². The summed E-state index contributed by atoms with van der Waals surface area (Å²) in [7, 11) is 0. The van der Waals surface area contributed by atoms with Gasteiger partial charge in [-0.3, -0.25) is 0 Å². The Balaban J connectivity index is 5.30. The normalized spacial score (nSPS) is 17.9. The van der Waals surface area contributed by atoms with Crippen LogP contribution in [0.15, 0.2) is 24.3 Å². The second-order valence-electron chi connectivity index (χ2n) is 7.32. The molecule has 0 aliphatic carbocycles. The average molecular weight is 387 g/mol. The molecule has 158 valence electrons. The van der Waals surface area contributed by atoms with E-state index in [4.69, 9.17) is 0 Å². The number of rotatable bonds is 16. The van der Waals surface area contributed by atoms with Crippen LogP contribution in [0.4, 0.5) is 0 Å². The fourth-order valence-corrected chi connectivity index (χ4v) is 3.22. The zero-order chi connectivity index (χ0) is 20.7. The Hall–Kier alpha value is -1.21. The summed E-state index contributed by atoms with van der Waals surface area (Å²) in [5, 5.41) is 40.0. The third-order valence-corrected chi connectivity index (χ3v) is 4.99. The van der Waals surface area contributed by atoms with Gasteiger partial charge in [-0.25, -0.2) is 4.79 Å². The summed E-state index contributed by atoms with van der Waals surface area (Å²) in [5.41, 5.74) is 0. The Kier molecular flexibility index (Phi) is 14.1. The second kappa shape index (κ2) is 14.8. The molecule has 0 fully saturated rings. The molecule has 0 rings (SSSR count). The summed E-state index contributed by atoms with van der Waals surface area (Å²) in [6.07, 6.45) is 11.5. The molecule has 3 unspecified atom stereocenters. The molecule has 0 aliphatic heterocycles. The zero-order valence-corrected chi connectivity index (χ0v) is 17.3. The number of carboxylic acid groups (broad SMARTS) is 1. The predicted molar refractivity (Wildman–Crippen MR) is 108 cm³/mol. The van der Waals surface area contributed by atoms with Gasteiger partial charge in [0.15, 0.2) is 6.04 Å². The van der Waals surface area contributed by atoms with Crippen LogP contribution >= 0.6 is 0 Å². The lowest BCUT2D eigenvalue weighted by Crippen LogP contribution is -2.63. The molecule has 0 amide bonds. The van der Waals surface area contributed by atoms with E-state index in [1.165, 1.54) is 0 Å². The van der Waals surface area contributed by atoms with Crippen LogP contribution in [-0.2, 0) is 4.79 Å². The first kappa shape index (κ1) is 25.8. The predicted octanol–water partition coefficient (Wildman–Crippen LogP) is 2.48. The highest BCUT2D eigenvalue weighted by atomic mass is 16.4. The van der Waals surface area contributed by atoms with Gasteiger partial charge in [-0.2, -0.15) is 0 Å². The Labute approximate surface area is 164 Å². The van der Waals surface area contributed by atoms with E-state index in [0.29, 0.717) is 0 Å². The molecule has 0 aromatic carbocycles. The average Bonchev–Trinajstić information content (AvgIpc) is 2.61. The molecule has 6 nitrogen and oxygen atoms in total. The van der Waals surface area contributed by atoms with Gasteiger partial charge in [0, 0.05) is 0 Å². The number of hydrogen-bond donors (Lipinski definition) is 4. The largest absolute Gasteiger partial charge is 0.477 e. The van der Waals surface area contributed by atoms with Crippen LogP contribution in [0.5, 0.6) is 0 Å². The molecule has 0 saturated heterocycles. The van der Waals surface area contributed by atoms with E-state index >= 15 is 0 Å². The summed E-state index contributed by atoms with van der Waals surface area (Å²) in [5.74, 6) is -1.01. The van der Waals surface area contributed by atoms with Gasteiger partial charge in [0.25, 0.3) is 0 Å². The van der Waals surface area contributed by atoms with E-state index in [-0.39, 0.29) is 30.7 Å². The van der Waals surface area contributed by atoms with Crippen LogP contribution in [0.3, 0.4) is 0 Å². The highest BCUT2D eigenvalue weighted by Crippen LogP contribution is 2.18. The van der Waals surface area contributed by atoms with E-state index in [1.807, 2.05) is 12.2 Å². The van der Waals surface area contributed by atoms with Gasteiger partial charge in [-0.15, -0.1) is 0 Å². The lowest BCUT2D eigenvalue weighted by molar-refractivity contribution is -0.945. The third kappa shape index (κ3) is 10.6. The molecule has 0 aliphatic rings. The van der Waals surface area contributed by atoms with Crippen molar-refractivity contribution in [2.45, 2.75) is 77.5 Å². The van der Waals surface area contributed by atoms with Crippen molar-refractivity contribution in [1.29, 1.82) is 0 Å². The summed E-state index contributed by atoms with van der Waals surface area (Å²) >= 11 is 0. The molecule has 0 heterocycles. The molecule has 0 aromatic heterocycles. The molecule has 4 N–H and O–H groups in total. The van der Waals surface area contributed by atoms with Crippen molar-refractivity contribution < 1.29 is 29.7 Å². The van der Waals surface area contributed by atoms with Crippen molar-refractivity contribution in [3.8, 4) is 0 Å². The second-order valence-corrected chi connectivity index (χ2v) is 7.32. The fraction of sp³-hybridized carbons (Fsp3) is 0.762. The van der Waals surface area contributed by atoms with E-state index in [1.54, 1.807) is 19.1 Å². The number of aliphatic hydroxyl groups is 3. The van der Waals surface area contributed by atoms with Gasteiger partial charge in [0.1, 0.15) is 31.8 Å². The Morgan fingerprint density at radius 2 is 1.41 bits per heavy atom. The first-order valence-corrected chi connectivity index (χ1v) is 10.2. The standard InChI is InChI=1S/C21H39NO5/c1-4-6-8-10-12-19(24)16-22(14-15-23,18(3)21(26)27)17-20(25)13-11-9-7-5-2/h10-13,18-20,23-25H,4-9,14-17H2,1-3H3/p+1/b12-10+,13-11+. The molecule has 0 spiro atoms. The lowest BCUT2D eigenvalue weighted by Gasteiger charge is -2.43. The van der Waals surface area contributed by atoms with Crippen molar-refractivity contribution in [3.05, 3.63) is 24.3 Å². The molecule has 0 bridgehead atoms. The van der Waals surface area contributed by atoms with Crippen LogP contribution in [-0.4, -0.2) is 75.4 Å².